The summed E-state index contributed by atoms with van der Waals surface area (Å²) in [5.74, 6) is 0.0695. The summed E-state index contributed by atoms with van der Waals surface area (Å²) in [7, 11) is -3.86. The van der Waals surface area contributed by atoms with Crippen molar-refractivity contribution in [2.45, 2.75) is 25.2 Å². The van der Waals surface area contributed by atoms with Crippen LogP contribution in [0.2, 0.25) is 0 Å². The van der Waals surface area contributed by atoms with E-state index in [1.54, 1.807) is 24.0 Å². The lowest BCUT2D eigenvalue weighted by Crippen LogP contribution is -2.21. The van der Waals surface area contributed by atoms with Gasteiger partial charge in [-0.05, 0) is 66.9 Å². The van der Waals surface area contributed by atoms with Crippen LogP contribution in [-0.2, 0) is 26.0 Å². The number of esters is 1. The van der Waals surface area contributed by atoms with Crippen LogP contribution in [0.3, 0.4) is 0 Å². The number of hydrogen-bond acceptors (Lipinski definition) is 7. The Kier molecular flexibility index (Phi) is 6.69. The summed E-state index contributed by atoms with van der Waals surface area (Å²) in [6, 6.07) is 23.4. The number of para-hydroxylation sites is 1. The topological polar surface area (TPSA) is 120 Å². The largest absolute Gasteiger partial charge is 0.462 e. The summed E-state index contributed by atoms with van der Waals surface area (Å²) in [5, 5.41) is 6.15. The molecule has 2 N–H and O–H groups in total. The van der Waals surface area contributed by atoms with Gasteiger partial charge >= 0.3 is 5.97 Å². The number of thiophene rings is 1. The number of carbonyl (C=O) groups is 2. The smallest absolute Gasteiger partial charge is 0.348 e. The number of ether oxygens (including phenoxy) is 1. The van der Waals surface area contributed by atoms with Crippen molar-refractivity contribution in [3.8, 4) is 21.6 Å². The number of sulfonamides is 1. The highest BCUT2D eigenvalue weighted by Crippen LogP contribution is 2.45. The average Bonchev–Trinajstić information content (AvgIpc) is 3.48. The second-order valence-electron chi connectivity index (χ2n) is 9.63. The molecule has 10 heteroatoms. The number of nitrogens with two attached hydrogens (primary N) is 1. The predicted molar refractivity (Wildman–Crippen MR) is 160 cm³/mol. The first-order valence-electron chi connectivity index (χ1n) is 12.9. The van der Waals surface area contributed by atoms with Gasteiger partial charge in [-0.2, -0.15) is 0 Å². The van der Waals surface area contributed by atoms with Gasteiger partial charge in [-0.15, -0.1) is 11.3 Å². The number of aromatic nitrogens is 1. The van der Waals surface area contributed by atoms with E-state index in [2.05, 4.69) is 0 Å². The average molecular weight is 584 g/mol. The van der Waals surface area contributed by atoms with E-state index < -0.39 is 16.0 Å². The molecule has 0 saturated carbocycles. The lowest BCUT2D eigenvalue weighted by Gasteiger charge is -2.17. The third kappa shape index (κ3) is 4.69. The van der Waals surface area contributed by atoms with Crippen LogP contribution < -0.4 is 10.0 Å². The number of fused-ring (bicyclic) bond motifs is 2. The van der Waals surface area contributed by atoms with Crippen LogP contribution >= 0.6 is 11.3 Å². The zero-order valence-electron chi connectivity index (χ0n) is 22.2. The number of amides is 1. The lowest BCUT2D eigenvalue weighted by atomic mass is 9.97. The number of rotatable bonds is 6. The van der Waals surface area contributed by atoms with Crippen LogP contribution in [0.1, 0.15) is 27.7 Å². The van der Waals surface area contributed by atoms with Gasteiger partial charge < -0.3 is 4.74 Å². The first-order valence-corrected chi connectivity index (χ1v) is 15.3. The van der Waals surface area contributed by atoms with Crippen molar-refractivity contribution in [1.82, 2.24) is 4.98 Å². The van der Waals surface area contributed by atoms with Gasteiger partial charge in [0.2, 0.25) is 15.9 Å². The van der Waals surface area contributed by atoms with Crippen LogP contribution in [0, 0.1) is 6.92 Å². The maximum absolute atomic E-state index is 13.1. The molecule has 6 rings (SSSR count). The SMILES string of the molecule is CCOC(=O)c1sc(-c2cccc3nc(N4C(=O)Cc5ccccc54)ccc23)c(C)c1-c1ccc(S(N)(=O)=O)cc1. The molecular formula is C31H25N3O5S2. The minimum Gasteiger partial charge on any atom is -0.462 e. The van der Waals surface area contributed by atoms with E-state index in [1.807, 2.05) is 61.5 Å². The summed E-state index contributed by atoms with van der Waals surface area (Å²) in [6.07, 6.45) is 0.335. The van der Waals surface area contributed by atoms with Crippen molar-refractivity contribution in [3.63, 3.8) is 0 Å². The van der Waals surface area contributed by atoms with Crippen molar-refractivity contribution >= 4 is 55.6 Å². The van der Waals surface area contributed by atoms with Crippen LogP contribution in [0.4, 0.5) is 11.5 Å². The highest BCUT2D eigenvalue weighted by Gasteiger charge is 2.30. The van der Waals surface area contributed by atoms with Gasteiger partial charge in [0.1, 0.15) is 10.7 Å². The highest BCUT2D eigenvalue weighted by molar-refractivity contribution is 7.89. The highest BCUT2D eigenvalue weighted by atomic mass is 32.2. The molecule has 0 radical (unpaired) electrons. The maximum atomic E-state index is 13.1. The van der Waals surface area contributed by atoms with Crippen LogP contribution in [0.15, 0.2) is 83.8 Å². The molecule has 0 atom stereocenters. The van der Waals surface area contributed by atoms with Crippen LogP contribution in [0.25, 0.3) is 32.5 Å². The Bertz CT molecular complexity index is 1960. The Morgan fingerprint density at radius 2 is 1.78 bits per heavy atom. The predicted octanol–water partition coefficient (Wildman–Crippen LogP) is 5.98. The quantitative estimate of drug-likeness (QED) is 0.246. The molecule has 0 aliphatic carbocycles. The fourth-order valence-corrected chi connectivity index (χ4v) is 7.02. The minimum absolute atomic E-state index is 0.0120. The van der Waals surface area contributed by atoms with Gasteiger partial charge in [0.05, 0.1) is 29.1 Å². The molecule has 1 amide bonds. The van der Waals surface area contributed by atoms with Gasteiger partial charge in [0.25, 0.3) is 0 Å². The van der Waals surface area contributed by atoms with Gasteiger partial charge in [-0.25, -0.2) is 23.3 Å². The number of hydrogen-bond donors (Lipinski definition) is 1. The summed E-state index contributed by atoms with van der Waals surface area (Å²) in [5.41, 5.74) is 5.60. The van der Waals surface area contributed by atoms with E-state index >= 15 is 0 Å². The Morgan fingerprint density at radius 1 is 1.02 bits per heavy atom. The van der Waals surface area contributed by atoms with Crippen molar-refractivity contribution in [3.05, 3.63) is 94.9 Å². The number of anilines is 2. The molecule has 0 saturated heterocycles. The molecule has 206 valence electrons. The molecule has 0 unspecified atom stereocenters. The maximum Gasteiger partial charge on any atom is 0.348 e. The molecule has 0 bridgehead atoms. The Balaban J connectivity index is 1.48. The molecule has 8 nitrogen and oxygen atoms in total. The van der Waals surface area contributed by atoms with Crippen molar-refractivity contribution in [2.24, 2.45) is 5.14 Å². The number of primary sulfonamides is 1. The van der Waals surface area contributed by atoms with Gasteiger partial charge in [0, 0.05) is 21.4 Å². The third-order valence-electron chi connectivity index (χ3n) is 7.09. The Labute approximate surface area is 241 Å². The van der Waals surface area contributed by atoms with Crippen LogP contribution in [-0.4, -0.2) is 31.9 Å². The molecular weight excluding hydrogens is 558 g/mol. The van der Waals surface area contributed by atoms with Gasteiger partial charge in [0.15, 0.2) is 0 Å². The standard InChI is InChI=1S/C31H25N3O5S2/c1-3-39-31(36)30-28(19-11-13-21(14-12-19)41(32,37)38)18(2)29(40-30)23-8-6-9-24-22(23)15-16-26(33-24)34-25-10-5-4-7-20(25)17-27(34)35/h4-16H,3,17H2,1-2H3,(H2,32,37,38). The van der Waals surface area contributed by atoms with E-state index in [-0.39, 0.29) is 17.4 Å². The first kappa shape index (κ1) is 26.8. The minimum atomic E-state index is -3.86. The van der Waals surface area contributed by atoms with Crippen LogP contribution in [0.5, 0.6) is 0 Å². The molecule has 1 aliphatic rings. The molecule has 3 aromatic carbocycles. The van der Waals surface area contributed by atoms with Crippen molar-refractivity contribution in [1.29, 1.82) is 0 Å². The monoisotopic (exact) mass is 583 g/mol. The van der Waals surface area contributed by atoms with E-state index in [9.17, 15) is 18.0 Å². The molecule has 0 fully saturated rings. The summed E-state index contributed by atoms with van der Waals surface area (Å²) >= 11 is 1.32. The summed E-state index contributed by atoms with van der Waals surface area (Å²) < 4.78 is 28.9. The number of nitrogens with zero attached hydrogens (tertiary/aromatic N) is 2. The van der Waals surface area contributed by atoms with E-state index in [4.69, 9.17) is 14.9 Å². The third-order valence-corrected chi connectivity index (χ3v) is 9.33. The van der Waals surface area contributed by atoms with Gasteiger partial charge in [-0.3, -0.25) is 9.69 Å². The summed E-state index contributed by atoms with van der Waals surface area (Å²) in [4.78, 5) is 33.7. The number of pyridine rings is 1. The Morgan fingerprint density at radius 3 is 2.51 bits per heavy atom. The number of carbonyl (C=O) groups excluding carboxylic acids is 2. The van der Waals surface area contributed by atoms with Gasteiger partial charge in [-0.1, -0.05) is 42.5 Å². The van der Waals surface area contributed by atoms with Crippen molar-refractivity contribution < 1.29 is 22.7 Å². The number of benzene rings is 3. The van der Waals surface area contributed by atoms with E-state index in [1.165, 1.54) is 23.5 Å². The summed E-state index contributed by atoms with van der Waals surface area (Å²) in [6.45, 7) is 3.89. The molecule has 3 heterocycles. The first-order chi connectivity index (χ1) is 19.7. The van der Waals surface area contributed by atoms with Crippen molar-refractivity contribution in [2.75, 3.05) is 11.5 Å². The normalized spacial score (nSPS) is 13.0. The zero-order valence-corrected chi connectivity index (χ0v) is 23.9. The Hall–Kier alpha value is -4.38. The van der Waals surface area contributed by atoms with E-state index in [0.717, 1.165) is 32.6 Å². The lowest BCUT2D eigenvalue weighted by molar-refractivity contribution is -0.116. The fourth-order valence-electron chi connectivity index (χ4n) is 5.24. The molecule has 2 aromatic heterocycles. The fraction of sp³-hybridized carbons (Fsp3) is 0.129. The molecule has 5 aromatic rings. The van der Waals surface area contributed by atoms with E-state index in [0.29, 0.717) is 33.8 Å². The molecule has 1 aliphatic heterocycles. The molecule has 0 spiro atoms. The second kappa shape index (κ2) is 10.2. The zero-order chi connectivity index (χ0) is 28.9. The second-order valence-corrected chi connectivity index (χ2v) is 12.2. The molecule has 41 heavy (non-hydrogen) atoms.